The van der Waals surface area contributed by atoms with Crippen LogP contribution in [0, 0.1) is 17.2 Å². The Labute approximate surface area is 144 Å². The molecular formula is C18H29N5O. The zero-order chi connectivity index (χ0) is 17.0. The lowest BCUT2D eigenvalue weighted by atomic mass is 9.83. The molecule has 132 valence electrons. The highest BCUT2D eigenvalue weighted by Gasteiger charge is 2.35. The zero-order valence-corrected chi connectivity index (χ0v) is 14.8. The van der Waals surface area contributed by atoms with Gasteiger partial charge >= 0.3 is 0 Å². The maximum Gasteiger partial charge on any atom is 0.235 e. The van der Waals surface area contributed by atoms with Crippen LogP contribution in [0.2, 0.25) is 0 Å². The van der Waals surface area contributed by atoms with Crippen LogP contribution in [0.3, 0.4) is 0 Å². The molecule has 6 nitrogen and oxygen atoms in total. The Morgan fingerprint density at radius 3 is 2.79 bits per heavy atom. The first-order valence-electron chi connectivity index (χ1n) is 9.32. The summed E-state index contributed by atoms with van der Waals surface area (Å²) in [7, 11) is 2.11. The number of amidine groups is 1. The van der Waals surface area contributed by atoms with E-state index < -0.39 is 5.54 Å². The smallest absolute Gasteiger partial charge is 0.235 e. The van der Waals surface area contributed by atoms with Crippen LogP contribution in [0.25, 0.3) is 0 Å². The van der Waals surface area contributed by atoms with Gasteiger partial charge in [0.1, 0.15) is 11.4 Å². The number of carbonyl (C=O) groups is 1. The molecule has 0 spiro atoms. The molecule has 2 aliphatic heterocycles. The zero-order valence-electron chi connectivity index (χ0n) is 14.8. The highest BCUT2D eigenvalue weighted by Crippen LogP contribution is 2.27. The van der Waals surface area contributed by atoms with E-state index >= 15 is 0 Å². The molecule has 0 radical (unpaired) electrons. The molecule has 0 bridgehead atoms. The summed E-state index contributed by atoms with van der Waals surface area (Å²) in [5.74, 6) is 1.65. The van der Waals surface area contributed by atoms with Crippen molar-refractivity contribution in [3.8, 4) is 6.07 Å². The Morgan fingerprint density at radius 1 is 1.33 bits per heavy atom. The first-order valence-corrected chi connectivity index (χ1v) is 9.32. The van der Waals surface area contributed by atoms with E-state index in [9.17, 15) is 10.1 Å². The van der Waals surface area contributed by atoms with Gasteiger partial charge in [0.15, 0.2) is 0 Å². The lowest BCUT2D eigenvalue weighted by Gasteiger charge is -2.36. The van der Waals surface area contributed by atoms with Gasteiger partial charge < -0.3 is 10.2 Å². The van der Waals surface area contributed by atoms with Crippen LogP contribution < -0.4 is 5.32 Å². The predicted molar refractivity (Wildman–Crippen MR) is 93.7 cm³/mol. The second-order valence-corrected chi connectivity index (χ2v) is 7.54. The molecule has 1 amide bonds. The minimum Gasteiger partial charge on any atom is -0.361 e. The maximum absolute atomic E-state index is 12.5. The van der Waals surface area contributed by atoms with Gasteiger partial charge in [-0.25, -0.2) is 0 Å². The fraction of sp³-hybridized carbons (Fsp3) is 0.833. The van der Waals surface area contributed by atoms with Crippen molar-refractivity contribution in [1.82, 2.24) is 15.1 Å². The second-order valence-electron chi connectivity index (χ2n) is 7.54. The molecule has 1 unspecified atom stereocenters. The minimum atomic E-state index is -0.625. The largest absolute Gasteiger partial charge is 0.361 e. The van der Waals surface area contributed by atoms with Crippen LogP contribution in [0.1, 0.15) is 44.9 Å². The summed E-state index contributed by atoms with van der Waals surface area (Å²) in [4.78, 5) is 21.6. The van der Waals surface area contributed by atoms with E-state index in [0.717, 1.165) is 64.7 Å². The lowest BCUT2D eigenvalue weighted by molar-refractivity contribution is -0.124. The average molecular weight is 331 g/mol. The summed E-state index contributed by atoms with van der Waals surface area (Å²) in [6.45, 7) is 4.16. The third kappa shape index (κ3) is 3.89. The van der Waals surface area contributed by atoms with Gasteiger partial charge in [-0.1, -0.05) is 19.3 Å². The normalized spacial score (nSPS) is 27.4. The second kappa shape index (κ2) is 7.52. The Balaban J connectivity index is 1.53. The molecule has 1 aliphatic carbocycles. The number of hydrogen-bond donors (Lipinski definition) is 1. The van der Waals surface area contributed by atoms with Gasteiger partial charge in [-0.2, -0.15) is 5.26 Å². The van der Waals surface area contributed by atoms with Crippen LogP contribution in [0.15, 0.2) is 4.99 Å². The van der Waals surface area contributed by atoms with Crippen LogP contribution in [0.5, 0.6) is 0 Å². The number of nitrogens with one attached hydrogen (secondary N) is 1. The maximum atomic E-state index is 12.5. The molecule has 3 aliphatic rings. The molecule has 0 aromatic rings. The number of aliphatic imine (C=N–C) groups is 1. The van der Waals surface area contributed by atoms with Crippen molar-refractivity contribution in [1.29, 1.82) is 5.26 Å². The van der Waals surface area contributed by atoms with Crippen LogP contribution in [-0.2, 0) is 4.79 Å². The Hall–Kier alpha value is -1.61. The Bertz CT molecular complexity index is 532. The number of carbonyl (C=O) groups excluding carboxylic acids is 1. The third-order valence-corrected chi connectivity index (χ3v) is 5.64. The van der Waals surface area contributed by atoms with Crippen molar-refractivity contribution < 1.29 is 4.79 Å². The molecule has 1 atom stereocenters. The summed E-state index contributed by atoms with van der Waals surface area (Å²) in [6.07, 6.45) is 7.08. The predicted octanol–water partition coefficient (Wildman–Crippen LogP) is 1.38. The first kappa shape index (κ1) is 17.2. The van der Waals surface area contributed by atoms with E-state index in [1.54, 1.807) is 0 Å². The van der Waals surface area contributed by atoms with Gasteiger partial charge in [0, 0.05) is 26.1 Å². The first-order chi connectivity index (χ1) is 11.6. The third-order valence-electron chi connectivity index (χ3n) is 5.64. The summed E-state index contributed by atoms with van der Waals surface area (Å²) in [5, 5.41) is 12.6. The number of rotatable bonds is 4. The average Bonchev–Trinajstić information content (AvgIpc) is 3.02. The van der Waals surface area contributed by atoms with Gasteiger partial charge in [0.05, 0.1) is 19.2 Å². The van der Waals surface area contributed by atoms with E-state index in [0.29, 0.717) is 12.5 Å². The molecule has 0 aromatic heterocycles. The highest BCUT2D eigenvalue weighted by atomic mass is 16.2. The van der Waals surface area contributed by atoms with Gasteiger partial charge in [-0.05, 0) is 32.2 Å². The van der Waals surface area contributed by atoms with E-state index in [4.69, 9.17) is 0 Å². The van der Waals surface area contributed by atoms with Crippen LogP contribution in [0.4, 0.5) is 0 Å². The fourth-order valence-corrected chi connectivity index (χ4v) is 4.33. The summed E-state index contributed by atoms with van der Waals surface area (Å²) < 4.78 is 0. The monoisotopic (exact) mass is 331 g/mol. The van der Waals surface area contributed by atoms with Gasteiger partial charge in [0.25, 0.3) is 0 Å². The van der Waals surface area contributed by atoms with Gasteiger partial charge in [-0.3, -0.25) is 14.7 Å². The number of hydrogen-bond acceptors (Lipinski definition) is 5. The molecule has 3 rings (SSSR count). The van der Waals surface area contributed by atoms with E-state index in [2.05, 4.69) is 33.2 Å². The summed E-state index contributed by atoms with van der Waals surface area (Å²) >= 11 is 0. The minimum absolute atomic E-state index is 0.000755. The fourth-order valence-electron chi connectivity index (χ4n) is 4.33. The van der Waals surface area contributed by atoms with E-state index in [1.165, 1.54) is 12.3 Å². The van der Waals surface area contributed by atoms with Crippen molar-refractivity contribution in [3.63, 3.8) is 0 Å². The molecule has 1 saturated carbocycles. The SMILES string of the molecule is CN1CCN=C1C1CCCN(CC(=O)NC2(C#N)CCCCC2)C1. The van der Waals surface area contributed by atoms with E-state index in [-0.39, 0.29) is 5.91 Å². The molecule has 24 heavy (non-hydrogen) atoms. The van der Waals surface area contributed by atoms with Crippen molar-refractivity contribution in [2.45, 2.75) is 50.5 Å². The molecule has 2 heterocycles. The van der Waals surface area contributed by atoms with Crippen LogP contribution >= 0.6 is 0 Å². The lowest BCUT2D eigenvalue weighted by Crippen LogP contribution is -2.53. The molecule has 6 heteroatoms. The molecule has 1 N–H and O–H groups in total. The highest BCUT2D eigenvalue weighted by molar-refractivity contribution is 5.86. The molecule has 2 fully saturated rings. The summed E-state index contributed by atoms with van der Waals surface area (Å²) in [6, 6.07) is 2.37. The number of piperidine rings is 1. The van der Waals surface area contributed by atoms with Crippen molar-refractivity contribution in [2.75, 3.05) is 39.8 Å². The number of nitrogens with zero attached hydrogens (tertiary/aromatic N) is 4. The number of likely N-dealkylation sites (tertiary alicyclic amines) is 1. The number of likely N-dealkylation sites (N-methyl/N-ethyl adjacent to an activating group) is 1. The standard InChI is InChI=1S/C18H29N5O/c1-22-11-9-20-17(22)15-6-5-10-23(12-15)13-16(24)21-18(14-19)7-3-2-4-8-18/h15H,2-13H2,1H3,(H,21,24). The van der Waals surface area contributed by atoms with Gasteiger partial charge in [-0.15, -0.1) is 0 Å². The Morgan fingerprint density at radius 2 is 2.12 bits per heavy atom. The topological polar surface area (TPSA) is 71.7 Å². The Kier molecular flexibility index (Phi) is 5.40. The number of amides is 1. The molecule has 0 aromatic carbocycles. The van der Waals surface area contributed by atoms with Gasteiger partial charge in [0.2, 0.25) is 5.91 Å². The quantitative estimate of drug-likeness (QED) is 0.845. The summed E-state index contributed by atoms with van der Waals surface area (Å²) in [5.41, 5.74) is -0.625. The van der Waals surface area contributed by atoms with Crippen molar-refractivity contribution in [2.24, 2.45) is 10.9 Å². The van der Waals surface area contributed by atoms with Crippen molar-refractivity contribution in [3.05, 3.63) is 0 Å². The molecule has 1 saturated heterocycles. The molecular weight excluding hydrogens is 302 g/mol. The van der Waals surface area contributed by atoms with Crippen LogP contribution in [-0.4, -0.2) is 66.9 Å². The number of nitriles is 1. The van der Waals surface area contributed by atoms with E-state index in [1.807, 2.05) is 0 Å². The van der Waals surface area contributed by atoms with Crippen molar-refractivity contribution >= 4 is 11.7 Å².